The third-order valence-corrected chi connectivity index (χ3v) is 4.87. The summed E-state index contributed by atoms with van der Waals surface area (Å²) >= 11 is 1.92. The highest BCUT2D eigenvalue weighted by Gasteiger charge is 2.18. The van der Waals surface area contributed by atoms with Crippen molar-refractivity contribution in [2.24, 2.45) is 0 Å². The molecular formula is C15H19NS. The van der Waals surface area contributed by atoms with Gasteiger partial charge in [0, 0.05) is 9.58 Å². The largest absolute Gasteiger partial charge is 0.306 e. The van der Waals surface area contributed by atoms with Crippen molar-refractivity contribution in [1.82, 2.24) is 4.90 Å². The molecule has 1 aliphatic rings. The van der Waals surface area contributed by atoms with Gasteiger partial charge in [0.15, 0.2) is 0 Å². The maximum Gasteiger partial charge on any atom is 0.0348 e. The lowest BCUT2D eigenvalue weighted by Crippen LogP contribution is -2.29. The molecule has 0 saturated carbocycles. The Kier molecular flexibility index (Phi) is 2.93. The zero-order valence-corrected chi connectivity index (χ0v) is 11.4. The fraction of sp³-hybridized carbons (Fsp3) is 0.467. The van der Waals surface area contributed by atoms with E-state index in [9.17, 15) is 0 Å². The number of aryl methyl sites for hydroxylation is 1. The van der Waals surface area contributed by atoms with Crippen LogP contribution in [0.3, 0.4) is 0 Å². The van der Waals surface area contributed by atoms with E-state index in [1.54, 1.807) is 5.56 Å². The third-order valence-electron chi connectivity index (χ3n) is 3.86. The van der Waals surface area contributed by atoms with Crippen LogP contribution in [0.5, 0.6) is 0 Å². The van der Waals surface area contributed by atoms with Gasteiger partial charge in [0.05, 0.1) is 0 Å². The molecule has 0 amide bonds. The number of likely N-dealkylation sites (tertiary alicyclic amines) is 1. The van der Waals surface area contributed by atoms with Crippen molar-refractivity contribution >= 4 is 21.4 Å². The molecule has 3 rings (SSSR count). The van der Waals surface area contributed by atoms with Crippen LogP contribution in [-0.4, -0.2) is 25.0 Å². The highest BCUT2D eigenvalue weighted by Crippen LogP contribution is 2.32. The van der Waals surface area contributed by atoms with E-state index < -0.39 is 0 Å². The van der Waals surface area contributed by atoms with Crippen LogP contribution in [-0.2, 0) is 0 Å². The van der Waals surface area contributed by atoms with Gasteiger partial charge in [0.1, 0.15) is 0 Å². The lowest BCUT2D eigenvalue weighted by atomic mass is 9.89. The second kappa shape index (κ2) is 4.43. The van der Waals surface area contributed by atoms with Gasteiger partial charge in [-0.1, -0.05) is 12.1 Å². The van der Waals surface area contributed by atoms with Crippen molar-refractivity contribution in [3.63, 3.8) is 0 Å². The summed E-state index contributed by atoms with van der Waals surface area (Å²) in [4.78, 5) is 3.85. The number of fused-ring (bicyclic) bond motifs is 1. The van der Waals surface area contributed by atoms with Crippen molar-refractivity contribution in [3.8, 4) is 0 Å². The first-order valence-corrected chi connectivity index (χ1v) is 7.22. The van der Waals surface area contributed by atoms with Gasteiger partial charge in [-0.3, -0.25) is 0 Å². The summed E-state index contributed by atoms with van der Waals surface area (Å²) in [5, 5.41) is 1.41. The molecule has 1 saturated heterocycles. The zero-order chi connectivity index (χ0) is 11.8. The van der Waals surface area contributed by atoms with E-state index in [0.29, 0.717) is 0 Å². The van der Waals surface area contributed by atoms with Gasteiger partial charge in [-0.05, 0) is 68.9 Å². The van der Waals surface area contributed by atoms with Crippen LogP contribution in [0.2, 0.25) is 0 Å². The number of rotatable bonds is 1. The molecule has 90 valence electrons. The Balaban J connectivity index is 1.89. The van der Waals surface area contributed by atoms with Crippen LogP contribution >= 0.6 is 11.3 Å². The van der Waals surface area contributed by atoms with Crippen molar-refractivity contribution in [2.75, 3.05) is 20.1 Å². The van der Waals surface area contributed by atoms with E-state index in [0.717, 1.165) is 5.92 Å². The average Bonchev–Trinajstić information content (AvgIpc) is 2.69. The molecule has 0 unspecified atom stereocenters. The number of nitrogens with zero attached hydrogens (tertiary/aromatic N) is 1. The molecule has 2 aromatic rings. The Labute approximate surface area is 107 Å². The molecule has 2 heteroatoms. The number of hydrogen-bond donors (Lipinski definition) is 0. The third kappa shape index (κ3) is 2.24. The highest BCUT2D eigenvalue weighted by atomic mass is 32.1. The van der Waals surface area contributed by atoms with E-state index in [1.165, 1.54) is 40.9 Å². The first-order valence-electron chi connectivity index (χ1n) is 6.41. The molecule has 0 atom stereocenters. The Morgan fingerprint density at radius 1 is 1.18 bits per heavy atom. The Morgan fingerprint density at radius 2 is 1.94 bits per heavy atom. The quantitative estimate of drug-likeness (QED) is 0.733. The highest BCUT2D eigenvalue weighted by molar-refractivity contribution is 7.19. The SMILES string of the molecule is Cc1cc2ccc(C3CCN(C)CC3)cc2s1. The maximum absolute atomic E-state index is 2.43. The van der Waals surface area contributed by atoms with Crippen LogP contribution in [0.4, 0.5) is 0 Å². The first kappa shape index (κ1) is 11.2. The molecular weight excluding hydrogens is 226 g/mol. The summed E-state index contributed by atoms with van der Waals surface area (Å²) in [6, 6.07) is 9.35. The van der Waals surface area contributed by atoms with Gasteiger partial charge in [-0.2, -0.15) is 0 Å². The minimum absolute atomic E-state index is 0.776. The number of hydrogen-bond acceptors (Lipinski definition) is 2. The zero-order valence-electron chi connectivity index (χ0n) is 10.6. The molecule has 1 nitrogen and oxygen atoms in total. The topological polar surface area (TPSA) is 3.24 Å². The van der Waals surface area contributed by atoms with Crippen molar-refractivity contribution in [2.45, 2.75) is 25.7 Å². The Hall–Kier alpha value is -0.860. The predicted molar refractivity (Wildman–Crippen MR) is 76.0 cm³/mol. The van der Waals surface area contributed by atoms with Gasteiger partial charge in [0.2, 0.25) is 0 Å². The van der Waals surface area contributed by atoms with Crippen molar-refractivity contribution in [1.29, 1.82) is 0 Å². The summed E-state index contributed by atoms with van der Waals surface area (Å²) in [6.45, 7) is 4.68. The molecule has 0 N–H and O–H groups in total. The smallest absolute Gasteiger partial charge is 0.0348 e. The van der Waals surface area contributed by atoms with Crippen molar-refractivity contribution < 1.29 is 0 Å². The van der Waals surface area contributed by atoms with Gasteiger partial charge in [0.25, 0.3) is 0 Å². The predicted octanol–water partition coefficient (Wildman–Crippen LogP) is 4.02. The van der Waals surface area contributed by atoms with Crippen molar-refractivity contribution in [3.05, 3.63) is 34.7 Å². The molecule has 1 aromatic heterocycles. The minimum Gasteiger partial charge on any atom is -0.306 e. The molecule has 0 radical (unpaired) electrons. The number of piperidine rings is 1. The van der Waals surface area contributed by atoms with Gasteiger partial charge < -0.3 is 4.90 Å². The van der Waals surface area contributed by atoms with Crippen LogP contribution in [0.1, 0.15) is 29.2 Å². The van der Waals surface area contributed by atoms with Crippen LogP contribution in [0, 0.1) is 6.92 Å². The molecule has 0 bridgehead atoms. The monoisotopic (exact) mass is 245 g/mol. The van der Waals surface area contributed by atoms with Gasteiger partial charge >= 0.3 is 0 Å². The fourth-order valence-electron chi connectivity index (χ4n) is 2.78. The molecule has 0 aliphatic carbocycles. The summed E-state index contributed by atoms with van der Waals surface area (Å²) in [7, 11) is 2.22. The lowest BCUT2D eigenvalue weighted by Gasteiger charge is -2.29. The Morgan fingerprint density at radius 3 is 2.71 bits per heavy atom. The van der Waals surface area contributed by atoms with Crippen LogP contribution < -0.4 is 0 Å². The normalized spacial score (nSPS) is 18.9. The van der Waals surface area contributed by atoms with Crippen LogP contribution in [0.15, 0.2) is 24.3 Å². The minimum atomic E-state index is 0.776. The van der Waals surface area contributed by atoms with E-state index >= 15 is 0 Å². The second-order valence-electron chi connectivity index (χ2n) is 5.23. The van der Waals surface area contributed by atoms with Crippen LogP contribution in [0.25, 0.3) is 10.1 Å². The Bertz CT molecular complexity index is 521. The summed E-state index contributed by atoms with van der Waals surface area (Å²) < 4.78 is 1.46. The van der Waals surface area contributed by atoms with E-state index in [4.69, 9.17) is 0 Å². The molecule has 1 aliphatic heterocycles. The molecule has 2 heterocycles. The molecule has 0 spiro atoms. The molecule has 17 heavy (non-hydrogen) atoms. The fourth-order valence-corrected chi connectivity index (χ4v) is 3.75. The standard InChI is InChI=1S/C15H19NS/c1-11-9-14-4-3-13(10-15(14)17-11)12-5-7-16(2)8-6-12/h3-4,9-10,12H,5-8H2,1-2H3. The van der Waals surface area contributed by atoms with E-state index in [2.05, 4.69) is 43.1 Å². The van der Waals surface area contributed by atoms with Gasteiger partial charge in [-0.25, -0.2) is 0 Å². The number of benzene rings is 1. The summed E-state index contributed by atoms with van der Waals surface area (Å²) in [5.74, 6) is 0.776. The number of thiophene rings is 1. The second-order valence-corrected chi connectivity index (χ2v) is 6.52. The first-order chi connectivity index (χ1) is 8.22. The van der Waals surface area contributed by atoms with Gasteiger partial charge in [-0.15, -0.1) is 11.3 Å². The summed E-state index contributed by atoms with van der Waals surface area (Å²) in [5.41, 5.74) is 1.55. The molecule has 1 fully saturated rings. The molecule has 1 aromatic carbocycles. The van der Waals surface area contributed by atoms with E-state index in [-0.39, 0.29) is 0 Å². The average molecular weight is 245 g/mol. The van der Waals surface area contributed by atoms with E-state index in [1.807, 2.05) is 11.3 Å². The lowest BCUT2D eigenvalue weighted by molar-refractivity contribution is 0.255. The maximum atomic E-state index is 2.43. The summed E-state index contributed by atoms with van der Waals surface area (Å²) in [6.07, 6.45) is 2.62.